The summed E-state index contributed by atoms with van der Waals surface area (Å²) in [6.07, 6.45) is 1.06. The maximum Gasteiger partial charge on any atom is 0.458 e. The second-order valence-corrected chi connectivity index (χ2v) is 2.78. The zero-order chi connectivity index (χ0) is 9.90. The summed E-state index contributed by atoms with van der Waals surface area (Å²) in [6, 6.07) is -0.266. The lowest BCUT2D eigenvalue weighted by atomic mass is 10.5. The van der Waals surface area contributed by atoms with E-state index in [4.69, 9.17) is 4.84 Å². The number of carbonyl (C=O) groups excluding carboxylic acids is 2. The number of nitrogens with one attached hydrogen (secondary N) is 1. The SMILES string of the molecule is C=CC(=O)O[N+]1(CC)CCNC1=O. The van der Waals surface area contributed by atoms with E-state index in [0.717, 1.165) is 6.08 Å². The Morgan fingerprint density at radius 1 is 1.85 bits per heavy atom. The topological polar surface area (TPSA) is 55.4 Å². The summed E-state index contributed by atoms with van der Waals surface area (Å²) in [5.74, 6) is -0.570. The Morgan fingerprint density at radius 2 is 2.54 bits per heavy atom. The minimum absolute atomic E-state index is 0.266. The van der Waals surface area contributed by atoms with Gasteiger partial charge in [-0.3, -0.25) is 10.2 Å². The summed E-state index contributed by atoms with van der Waals surface area (Å²) in [6.45, 7) is 6.53. The first-order chi connectivity index (χ1) is 6.14. The molecule has 0 radical (unpaired) electrons. The number of rotatable bonds is 3. The molecule has 1 rings (SSSR count). The highest BCUT2D eigenvalue weighted by atomic mass is 16.8. The number of quaternary nitrogens is 1. The number of hydrogen-bond acceptors (Lipinski definition) is 3. The molecule has 1 saturated heterocycles. The van der Waals surface area contributed by atoms with Crippen LogP contribution in [0.4, 0.5) is 4.79 Å². The van der Waals surface area contributed by atoms with Gasteiger partial charge in [0.05, 0.1) is 6.54 Å². The highest BCUT2D eigenvalue weighted by Crippen LogP contribution is 2.13. The van der Waals surface area contributed by atoms with Crippen molar-refractivity contribution in [1.29, 1.82) is 0 Å². The number of hydroxylamine groups is 3. The third-order valence-electron chi connectivity index (χ3n) is 2.06. The quantitative estimate of drug-likeness (QED) is 0.504. The van der Waals surface area contributed by atoms with Crippen LogP contribution in [0, 0.1) is 0 Å². The fraction of sp³-hybridized carbons (Fsp3) is 0.500. The van der Waals surface area contributed by atoms with E-state index in [1.165, 1.54) is 0 Å². The fourth-order valence-corrected chi connectivity index (χ4v) is 1.25. The van der Waals surface area contributed by atoms with E-state index in [-0.39, 0.29) is 10.7 Å². The zero-order valence-corrected chi connectivity index (χ0v) is 7.58. The highest BCUT2D eigenvalue weighted by Gasteiger charge is 2.45. The molecule has 0 aliphatic carbocycles. The smallest absolute Gasteiger partial charge is 0.296 e. The molecule has 1 atom stereocenters. The van der Waals surface area contributed by atoms with Gasteiger partial charge in [0.2, 0.25) is 0 Å². The van der Waals surface area contributed by atoms with Gasteiger partial charge in [0.15, 0.2) is 0 Å². The number of hydrogen-bond donors (Lipinski definition) is 1. The van der Waals surface area contributed by atoms with Crippen LogP contribution in [-0.2, 0) is 9.63 Å². The predicted octanol–water partition coefficient (Wildman–Crippen LogP) is 0.190. The van der Waals surface area contributed by atoms with Crippen molar-refractivity contribution in [2.75, 3.05) is 19.6 Å². The van der Waals surface area contributed by atoms with Crippen molar-refractivity contribution in [3.8, 4) is 0 Å². The van der Waals surface area contributed by atoms with Crippen molar-refractivity contribution < 1.29 is 19.1 Å². The Kier molecular flexibility index (Phi) is 2.67. The van der Waals surface area contributed by atoms with Crippen LogP contribution in [0.15, 0.2) is 12.7 Å². The van der Waals surface area contributed by atoms with Crippen molar-refractivity contribution in [2.45, 2.75) is 6.92 Å². The molecule has 1 N–H and O–H groups in total. The van der Waals surface area contributed by atoms with Crippen LogP contribution in [0.3, 0.4) is 0 Å². The molecule has 1 fully saturated rings. The molecule has 0 saturated carbocycles. The molecular weight excluding hydrogens is 172 g/mol. The van der Waals surface area contributed by atoms with E-state index in [2.05, 4.69) is 11.9 Å². The van der Waals surface area contributed by atoms with Gasteiger partial charge in [0.1, 0.15) is 13.1 Å². The van der Waals surface area contributed by atoms with Crippen molar-refractivity contribution in [1.82, 2.24) is 5.32 Å². The van der Waals surface area contributed by atoms with E-state index < -0.39 is 5.97 Å². The number of carbonyl (C=O) groups is 2. The molecule has 0 bridgehead atoms. The third-order valence-corrected chi connectivity index (χ3v) is 2.06. The molecular formula is C8H13N2O3+. The Morgan fingerprint density at radius 3 is 2.92 bits per heavy atom. The summed E-state index contributed by atoms with van der Waals surface area (Å²) >= 11 is 0. The van der Waals surface area contributed by atoms with E-state index in [1.54, 1.807) is 6.92 Å². The van der Waals surface area contributed by atoms with Gasteiger partial charge in [-0.25, -0.2) is 9.59 Å². The molecule has 1 unspecified atom stereocenters. The number of amides is 2. The molecule has 0 aromatic rings. The van der Waals surface area contributed by atoms with Gasteiger partial charge in [-0.05, 0) is 6.92 Å². The minimum Gasteiger partial charge on any atom is -0.296 e. The number of urea groups is 1. The fourth-order valence-electron chi connectivity index (χ4n) is 1.25. The second-order valence-electron chi connectivity index (χ2n) is 2.78. The maximum absolute atomic E-state index is 11.3. The summed E-state index contributed by atoms with van der Waals surface area (Å²) < 4.78 is -0.273. The molecule has 0 aromatic carbocycles. The Bertz CT molecular complexity index is 252. The molecule has 13 heavy (non-hydrogen) atoms. The van der Waals surface area contributed by atoms with Gasteiger partial charge >= 0.3 is 12.0 Å². The molecule has 0 aromatic heterocycles. The van der Waals surface area contributed by atoms with Crippen LogP contribution in [0.25, 0.3) is 0 Å². The van der Waals surface area contributed by atoms with Crippen LogP contribution in [0.5, 0.6) is 0 Å². The van der Waals surface area contributed by atoms with Gasteiger partial charge in [0, 0.05) is 6.08 Å². The van der Waals surface area contributed by atoms with Gasteiger partial charge in [-0.1, -0.05) is 11.2 Å². The van der Waals surface area contributed by atoms with E-state index in [0.29, 0.717) is 19.6 Å². The molecule has 5 heteroatoms. The van der Waals surface area contributed by atoms with Gasteiger partial charge < -0.3 is 0 Å². The van der Waals surface area contributed by atoms with Crippen LogP contribution >= 0.6 is 0 Å². The summed E-state index contributed by atoms with van der Waals surface area (Å²) in [5, 5.41) is 2.61. The Balaban J connectivity index is 2.75. The normalized spacial score (nSPS) is 26.7. The summed E-state index contributed by atoms with van der Waals surface area (Å²) in [5.41, 5.74) is 0. The molecule has 1 aliphatic rings. The largest absolute Gasteiger partial charge is 0.458 e. The van der Waals surface area contributed by atoms with E-state index in [1.807, 2.05) is 0 Å². The molecule has 0 spiro atoms. The van der Waals surface area contributed by atoms with Crippen LogP contribution in [-0.4, -0.2) is 36.3 Å². The lowest BCUT2D eigenvalue weighted by Gasteiger charge is -2.23. The first-order valence-corrected chi connectivity index (χ1v) is 4.16. The van der Waals surface area contributed by atoms with Gasteiger partial charge in [0.25, 0.3) is 0 Å². The Hall–Kier alpha value is -1.36. The average Bonchev–Trinajstić information content (AvgIpc) is 2.48. The van der Waals surface area contributed by atoms with E-state index >= 15 is 0 Å². The third kappa shape index (κ3) is 1.70. The first-order valence-electron chi connectivity index (χ1n) is 4.16. The van der Waals surface area contributed by atoms with Crippen molar-refractivity contribution in [2.24, 2.45) is 0 Å². The predicted molar refractivity (Wildman–Crippen MR) is 45.4 cm³/mol. The van der Waals surface area contributed by atoms with Crippen LogP contribution in [0.1, 0.15) is 6.92 Å². The monoisotopic (exact) mass is 185 g/mol. The average molecular weight is 185 g/mol. The Labute approximate surface area is 76.5 Å². The van der Waals surface area contributed by atoms with Crippen molar-refractivity contribution in [3.63, 3.8) is 0 Å². The molecule has 72 valence electrons. The summed E-state index contributed by atoms with van der Waals surface area (Å²) in [7, 11) is 0. The molecule has 1 heterocycles. The number of likely N-dealkylation sites (N-methyl/N-ethyl adjacent to an activating group) is 1. The van der Waals surface area contributed by atoms with Crippen LogP contribution < -0.4 is 5.32 Å². The highest BCUT2D eigenvalue weighted by molar-refractivity contribution is 5.81. The second kappa shape index (κ2) is 3.57. The first kappa shape index (κ1) is 9.73. The zero-order valence-electron chi connectivity index (χ0n) is 7.58. The van der Waals surface area contributed by atoms with Crippen molar-refractivity contribution >= 4 is 12.0 Å². The molecule has 2 amide bonds. The summed E-state index contributed by atoms with van der Waals surface area (Å²) in [4.78, 5) is 27.2. The van der Waals surface area contributed by atoms with Crippen molar-refractivity contribution in [3.05, 3.63) is 12.7 Å². The van der Waals surface area contributed by atoms with Gasteiger partial charge in [-0.2, -0.15) is 0 Å². The molecule has 1 aliphatic heterocycles. The standard InChI is InChI=1S/C8H12N2O3/c1-3-7(11)13-10(4-2)6-5-9-8(10)12/h3H,1,4-6H2,2H3/p+1. The molecule has 5 nitrogen and oxygen atoms in total. The lowest BCUT2D eigenvalue weighted by Crippen LogP contribution is -2.51. The van der Waals surface area contributed by atoms with Gasteiger partial charge in [-0.15, -0.1) is 0 Å². The maximum atomic E-state index is 11.3. The minimum atomic E-state index is -0.570. The van der Waals surface area contributed by atoms with Crippen LogP contribution in [0.2, 0.25) is 0 Å². The van der Waals surface area contributed by atoms with E-state index in [9.17, 15) is 9.59 Å². The number of nitrogens with zero attached hydrogens (tertiary/aromatic N) is 1. The lowest BCUT2D eigenvalue weighted by molar-refractivity contribution is -1.01.